The van der Waals surface area contributed by atoms with Crippen LogP contribution in [0.2, 0.25) is 0 Å². The lowest BCUT2D eigenvalue weighted by Gasteiger charge is -2.09. The molecule has 1 amide bonds. The number of rotatable bonds is 3. The van der Waals surface area contributed by atoms with Gasteiger partial charge in [-0.25, -0.2) is 4.98 Å². The van der Waals surface area contributed by atoms with Crippen molar-refractivity contribution < 1.29 is 9.63 Å². The van der Waals surface area contributed by atoms with Crippen molar-refractivity contribution in [3.05, 3.63) is 59.8 Å². The summed E-state index contributed by atoms with van der Waals surface area (Å²) < 4.78 is 0. The lowest BCUT2D eigenvalue weighted by molar-refractivity contribution is -0.125. The number of anilines is 1. The van der Waals surface area contributed by atoms with Gasteiger partial charge in [0.2, 0.25) is 6.10 Å². The van der Waals surface area contributed by atoms with E-state index in [0.29, 0.717) is 12.2 Å². The maximum atomic E-state index is 12.2. The third kappa shape index (κ3) is 3.08. The minimum absolute atomic E-state index is 0.234. The standard InChI is InChI=1S/C16H15N3O2/c1-11-7-8-17-15(9-11)18-16(20)14-10-13(19-21-14)12-5-3-2-4-6-12/h2-9,14H,10H2,1H3,(H,17,18,20)/t14-/m1/s1. The van der Waals surface area contributed by atoms with Crippen molar-refractivity contribution in [1.29, 1.82) is 0 Å². The van der Waals surface area contributed by atoms with Gasteiger partial charge in [-0.05, 0) is 30.2 Å². The van der Waals surface area contributed by atoms with Gasteiger partial charge in [-0.3, -0.25) is 4.79 Å². The average molecular weight is 281 g/mol. The van der Waals surface area contributed by atoms with Crippen LogP contribution >= 0.6 is 0 Å². The molecule has 1 N–H and O–H groups in total. The Morgan fingerprint density at radius 2 is 2.10 bits per heavy atom. The second kappa shape index (κ2) is 5.75. The molecule has 0 unspecified atom stereocenters. The molecule has 0 aliphatic carbocycles. The zero-order valence-electron chi connectivity index (χ0n) is 11.6. The van der Waals surface area contributed by atoms with Crippen LogP contribution in [-0.2, 0) is 9.63 Å². The van der Waals surface area contributed by atoms with Crippen molar-refractivity contribution in [1.82, 2.24) is 4.98 Å². The molecular weight excluding hydrogens is 266 g/mol. The van der Waals surface area contributed by atoms with Crippen molar-refractivity contribution in [2.75, 3.05) is 5.32 Å². The second-order valence-corrected chi connectivity index (χ2v) is 4.91. The number of hydrogen-bond acceptors (Lipinski definition) is 4. The van der Waals surface area contributed by atoms with Crippen LogP contribution in [-0.4, -0.2) is 22.7 Å². The van der Waals surface area contributed by atoms with Gasteiger partial charge in [-0.1, -0.05) is 35.5 Å². The fourth-order valence-corrected chi connectivity index (χ4v) is 2.13. The summed E-state index contributed by atoms with van der Waals surface area (Å²) in [6.45, 7) is 1.94. The second-order valence-electron chi connectivity index (χ2n) is 4.91. The minimum Gasteiger partial charge on any atom is -0.382 e. The molecule has 0 bridgehead atoms. The summed E-state index contributed by atoms with van der Waals surface area (Å²) in [6, 6.07) is 13.4. The van der Waals surface area contributed by atoms with Crippen LogP contribution in [0, 0.1) is 6.92 Å². The average Bonchev–Trinajstić information content (AvgIpc) is 2.98. The highest BCUT2D eigenvalue weighted by molar-refractivity contribution is 6.05. The normalized spacial score (nSPS) is 17.0. The van der Waals surface area contributed by atoms with E-state index in [1.54, 1.807) is 6.20 Å². The van der Waals surface area contributed by atoms with Gasteiger partial charge >= 0.3 is 0 Å². The highest BCUT2D eigenvalue weighted by atomic mass is 16.6. The van der Waals surface area contributed by atoms with E-state index in [9.17, 15) is 4.79 Å². The molecule has 1 aliphatic rings. The molecule has 106 valence electrons. The Morgan fingerprint density at radius 3 is 2.86 bits per heavy atom. The summed E-state index contributed by atoms with van der Waals surface area (Å²) in [5.74, 6) is 0.291. The summed E-state index contributed by atoms with van der Waals surface area (Å²) in [5.41, 5.74) is 2.79. The van der Waals surface area contributed by atoms with E-state index in [1.165, 1.54) is 0 Å². The monoisotopic (exact) mass is 281 g/mol. The molecular formula is C16H15N3O2. The summed E-state index contributed by atoms with van der Waals surface area (Å²) in [6.07, 6.45) is 1.51. The van der Waals surface area contributed by atoms with Crippen molar-refractivity contribution in [2.24, 2.45) is 5.16 Å². The van der Waals surface area contributed by atoms with E-state index in [0.717, 1.165) is 16.8 Å². The van der Waals surface area contributed by atoms with E-state index in [1.807, 2.05) is 49.4 Å². The Balaban J connectivity index is 1.64. The number of hydrogen-bond donors (Lipinski definition) is 1. The SMILES string of the molecule is Cc1ccnc(NC(=O)[C@H]2CC(c3ccccc3)=NO2)c1. The molecule has 5 nitrogen and oxygen atoms in total. The summed E-state index contributed by atoms with van der Waals surface area (Å²) >= 11 is 0. The van der Waals surface area contributed by atoms with Crippen molar-refractivity contribution in [3.63, 3.8) is 0 Å². The van der Waals surface area contributed by atoms with Gasteiger partial charge in [0.05, 0.1) is 5.71 Å². The molecule has 5 heteroatoms. The molecule has 3 rings (SSSR count). The molecule has 1 aromatic carbocycles. The molecule has 2 aromatic rings. The third-order valence-electron chi connectivity index (χ3n) is 3.24. The fourth-order valence-electron chi connectivity index (χ4n) is 2.13. The minimum atomic E-state index is -0.609. The van der Waals surface area contributed by atoms with E-state index in [2.05, 4.69) is 15.5 Å². The summed E-state index contributed by atoms with van der Waals surface area (Å²) in [5, 5.41) is 6.75. The predicted octanol–water partition coefficient (Wildman–Crippen LogP) is 2.52. The Bertz CT molecular complexity index is 683. The number of carbonyl (C=O) groups excluding carboxylic acids is 1. The molecule has 0 radical (unpaired) electrons. The quantitative estimate of drug-likeness (QED) is 0.940. The molecule has 1 aromatic heterocycles. The largest absolute Gasteiger partial charge is 0.382 e. The Hall–Kier alpha value is -2.69. The summed E-state index contributed by atoms with van der Waals surface area (Å²) in [7, 11) is 0. The zero-order chi connectivity index (χ0) is 14.7. The number of benzene rings is 1. The van der Waals surface area contributed by atoms with Crippen LogP contribution in [0.4, 0.5) is 5.82 Å². The number of carbonyl (C=O) groups is 1. The molecule has 0 fully saturated rings. The van der Waals surface area contributed by atoms with Crippen LogP contribution in [0.15, 0.2) is 53.8 Å². The Labute approximate surface area is 122 Å². The van der Waals surface area contributed by atoms with E-state index in [4.69, 9.17) is 4.84 Å². The van der Waals surface area contributed by atoms with Gasteiger partial charge in [0.25, 0.3) is 5.91 Å². The van der Waals surface area contributed by atoms with Gasteiger partial charge in [0, 0.05) is 12.6 Å². The Morgan fingerprint density at radius 1 is 1.29 bits per heavy atom. The maximum absolute atomic E-state index is 12.2. The van der Waals surface area contributed by atoms with Gasteiger partial charge in [0.15, 0.2) is 0 Å². The molecule has 1 atom stereocenters. The molecule has 1 aliphatic heterocycles. The smallest absolute Gasteiger partial charge is 0.269 e. The van der Waals surface area contributed by atoms with Gasteiger partial charge < -0.3 is 10.2 Å². The first-order chi connectivity index (χ1) is 10.2. The fraction of sp³-hybridized carbons (Fsp3) is 0.188. The van der Waals surface area contributed by atoms with Crippen LogP contribution in [0.5, 0.6) is 0 Å². The zero-order valence-corrected chi connectivity index (χ0v) is 11.6. The highest BCUT2D eigenvalue weighted by Gasteiger charge is 2.29. The highest BCUT2D eigenvalue weighted by Crippen LogP contribution is 2.18. The van der Waals surface area contributed by atoms with E-state index in [-0.39, 0.29) is 5.91 Å². The number of nitrogens with zero attached hydrogens (tertiary/aromatic N) is 2. The topological polar surface area (TPSA) is 63.6 Å². The first kappa shape index (κ1) is 13.3. The lowest BCUT2D eigenvalue weighted by atomic mass is 10.0. The number of pyridine rings is 1. The molecule has 21 heavy (non-hydrogen) atoms. The van der Waals surface area contributed by atoms with E-state index < -0.39 is 6.10 Å². The van der Waals surface area contributed by atoms with Crippen LogP contribution < -0.4 is 5.32 Å². The number of aromatic nitrogens is 1. The van der Waals surface area contributed by atoms with Gasteiger partial charge in [0.1, 0.15) is 5.82 Å². The maximum Gasteiger partial charge on any atom is 0.269 e. The number of oxime groups is 1. The van der Waals surface area contributed by atoms with Gasteiger partial charge in [-0.2, -0.15) is 0 Å². The van der Waals surface area contributed by atoms with Crippen molar-refractivity contribution >= 4 is 17.4 Å². The van der Waals surface area contributed by atoms with E-state index >= 15 is 0 Å². The van der Waals surface area contributed by atoms with Gasteiger partial charge in [-0.15, -0.1) is 0 Å². The lowest BCUT2D eigenvalue weighted by Crippen LogP contribution is -2.28. The van der Waals surface area contributed by atoms with Crippen LogP contribution in [0.3, 0.4) is 0 Å². The number of nitrogens with one attached hydrogen (secondary N) is 1. The van der Waals surface area contributed by atoms with Crippen molar-refractivity contribution in [2.45, 2.75) is 19.4 Å². The first-order valence-corrected chi connectivity index (χ1v) is 6.74. The van der Waals surface area contributed by atoms with Crippen molar-refractivity contribution in [3.8, 4) is 0 Å². The number of amides is 1. The predicted molar refractivity (Wildman–Crippen MR) is 80.1 cm³/mol. The molecule has 0 saturated carbocycles. The third-order valence-corrected chi connectivity index (χ3v) is 3.24. The Kier molecular flexibility index (Phi) is 3.64. The van der Waals surface area contributed by atoms with Crippen LogP contribution in [0.25, 0.3) is 0 Å². The summed E-state index contributed by atoms with van der Waals surface area (Å²) in [4.78, 5) is 21.5. The number of aryl methyl sites for hydroxylation is 1. The first-order valence-electron chi connectivity index (χ1n) is 6.74. The molecule has 0 spiro atoms. The molecule has 2 heterocycles. The molecule has 0 saturated heterocycles. The van der Waals surface area contributed by atoms with Crippen LogP contribution in [0.1, 0.15) is 17.5 Å².